The Morgan fingerprint density at radius 3 is 2.71 bits per heavy atom. The zero-order valence-electron chi connectivity index (χ0n) is 14.8. The first-order valence-corrected chi connectivity index (χ1v) is 9.74. The molecule has 134 valence electrons. The number of thiophene rings is 1. The molecule has 0 aliphatic rings. The van der Waals surface area contributed by atoms with Crippen LogP contribution in [0.1, 0.15) is 5.69 Å². The van der Waals surface area contributed by atoms with Crippen LogP contribution in [0.5, 0.6) is 0 Å². The van der Waals surface area contributed by atoms with Crippen LogP contribution in [-0.2, 0) is 0 Å². The maximum absolute atomic E-state index is 13.1. The van der Waals surface area contributed by atoms with Crippen LogP contribution in [0.25, 0.3) is 44.4 Å². The fourth-order valence-electron chi connectivity index (χ4n) is 3.25. The van der Waals surface area contributed by atoms with E-state index in [0.717, 1.165) is 37.8 Å². The van der Waals surface area contributed by atoms with Gasteiger partial charge in [0.2, 0.25) is 0 Å². The molecule has 0 bridgehead atoms. The number of nitrogens with zero attached hydrogens (tertiary/aromatic N) is 3. The highest BCUT2D eigenvalue weighted by Crippen LogP contribution is 2.31. The Bertz CT molecular complexity index is 1380. The van der Waals surface area contributed by atoms with Crippen LogP contribution in [-0.4, -0.2) is 14.5 Å². The Kier molecular flexibility index (Phi) is 4.07. The molecule has 0 radical (unpaired) electrons. The molecule has 0 atom stereocenters. The summed E-state index contributed by atoms with van der Waals surface area (Å²) in [6.45, 7) is 0. The molecule has 0 aliphatic heterocycles. The van der Waals surface area contributed by atoms with Gasteiger partial charge >= 0.3 is 0 Å². The number of aromatic nitrogens is 3. The van der Waals surface area contributed by atoms with Gasteiger partial charge in [0.25, 0.3) is 5.56 Å². The number of para-hydroxylation sites is 1. The Morgan fingerprint density at radius 1 is 0.964 bits per heavy atom. The average Bonchev–Trinajstić information content (AvgIpc) is 3.19. The lowest BCUT2D eigenvalue weighted by atomic mass is 10.1. The molecule has 0 N–H and O–H groups in total. The Hall–Kier alpha value is -3.57. The first-order chi connectivity index (χ1) is 13.8. The second-order valence-corrected chi connectivity index (χ2v) is 7.31. The van der Waals surface area contributed by atoms with Crippen LogP contribution in [0.3, 0.4) is 0 Å². The van der Waals surface area contributed by atoms with Gasteiger partial charge in [0.05, 0.1) is 16.6 Å². The minimum Gasteiger partial charge on any atom is -0.290 e. The molecule has 5 aromatic rings. The smallest absolute Gasteiger partial charge is 0.263 e. The topological polar surface area (TPSA) is 47.8 Å². The predicted molar refractivity (Wildman–Crippen MR) is 116 cm³/mol. The van der Waals surface area contributed by atoms with Gasteiger partial charge in [0.15, 0.2) is 0 Å². The van der Waals surface area contributed by atoms with Gasteiger partial charge in [0, 0.05) is 45.8 Å². The third kappa shape index (κ3) is 2.92. The zero-order chi connectivity index (χ0) is 18.9. The first-order valence-electron chi connectivity index (χ1n) is 8.86. The lowest BCUT2D eigenvalue weighted by Gasteiger charge is -2.03. The molecule has 28 heavy (non-hydrogen) atoms. The molecule has 0 unspecified atom stereocenters. The van der Waals surface area contributed by atoms with E-state index in [2.05, 4.69) is 9.97 Å². The maximum Gasteiger partial charge on any atom is 0.263 e. The van der Waals surface area contributed by atoms with Crippen molar-refractivity contribution in [3.8, 4) is 11.1 Å². The monoisotopic (exact) mass is 381 g/mol. The van der Waals surface area contributed by atoms with Crippen LogP contribution in [0, 0.1) is 0 Å². The summed E-state index contributed by atoms with van der Waals surface area (Å²) < 4.78 is 2.58. The molecule has 0 saturated heterocycles. The Balaban J connectivity index is 1.58. The SMILES string of the molecule is O=c1c2c(-c3ccncc3)csc2ccn1C=Cc1ccc2ccccc2n1. The molecule has 4 aromatic heterocycles. The van der Waals surface area contributed by atoms with Crippen molar-refractivity contribution >= 4 is 44.6 Å². The van der Waals surface area contributed by atoms with Gasteiger partial charge in [-0.2, -0.15) is 0 Å². The highest BCUT2D eigenvalue weighted by atomic mass is 32.1. The van der Waals surface area contributed by atoms with Gasteiger partial charge < -0.3 is 0 Å². The molecule has 0 spiro atoms. The van der Waals surface area contributed by atoms with E-state index >= 15 is 0 Å². The summed E-state index contributed by atoms with van der Waals surface area (Å²) in [4.78, 5) is 21.8. The minimum atomic E-state index is -0.0393. The van der Waals surface area contributed by atoms with Gasteiger partial charge in [-0.1, -0.05) is 24.3 Å². The second-order valence-electron chi connectivity index (χ2n) is 6.40. The van der Waals surface area contributed by atoms with E-state index in [0.29, 0.717) is 0 Å². The summed E-state index contributed by atoms with van der Waals surface area (Å²) in [5.41, 5.74) is 3.65. The molecule has 1 aromatic carbocycles. The first kappa shape index (κ1) is 16.6. The lowest BCUT2D eigenvalue weighted by molar-refractivity contribution is 1.09. The van der Waals surface area contributed by atoms with Crippen molar-refractivity contribution < 1.29 is 0 Å². The Morgan fingerprint density at radius 2 is 1.82 bits per heavy atom. The normalized spacial score (nSPS) is 11.6. The molecule has 5 rings (SSSR count). The number of fused-ring (bicyclic) bond motifs is 2. The molecule has 5 heteroatoms. The van der Waals surface area contributed by atoms with Crippen molar-refractivity contribution in [3.05, 3.63) is 94.6 Å². The fraction of sp³-hybridized carbons (Fsp3) is 0. The highest BCUT2D eigenvalue weighted by molar-refractivity contribution is 7.17. The number of pyridine rings is 3. The molecule has 0 aliphatic carbocycles. The summed E-state index contributed by atoms with van der Waals surface area (Å²) in [5, 5.41) is 3.86. The molecule has 0 saturated carbocycles. The average molecular weight is 381 g/mol. The van der Waals surface area contributed by atoms with Crippen LogP contribution < -0.4 is 5.56 Å². The number of hydrogen-bond acceptors (Lipinski definition) is 4. The van der Waals surface area contributed by atoms with Crippen molar-refractivity contribution in [2.75, 3.05) is 0 Å². The third-order valence-electron chi connectivity index (χ3n) is 4.67. The van der Waals surface area contributed by atoms with Gasteiger partial charge in [-0.3, -0.25) is 14.3 Å². The van der Waals surface area contributed by atoms with Gasteiger partial charge in [-0.05, 0) is 42.0 Å². The molecule has 0 fully saturated rings. The molecule has 0 amide bonds. The minimum absolute atomic E-state index is 0.0393. The fourth-order valence-corrected chi connectivity index (χ4v) is 4.21. The van der Waals surface area contributed by atoms with Crippen molar-refractivity contribution in [2.24, 2.45) is 0 Å². The number of benzene rings is 1. The Labute approximate surface area is 165 Å². The standard InChI is InChI=1S/C23H15N3OS/c27-23-22-19(16-7-11-24-12-8-16)15-28-21(22)10-14-26(23)13-9-18-6-5-17-3-1-2-4-20(17)25-18/h1-15H. The van der Waals surface area contributed by atoms with E-state index < -0.39 is 0 Å². The summed E-state index contributed by atoms with van der Waals surface area (Å²) >= 11 is 1.58. The molecule has 4 heterocycles. The summed E-state index contributed by atoms with van der Waals surface area (Å²) in [6, 6.07) is 17.8. The summed E-state index contributed by atoms with van der Waals surface area (Å²) in [5.74, 6) is 0. The van der Waals surface area contributed by atoms with Crippen molar-refractivity contribution in [3.63, 3.8) is 0 Å². The summed E-state index contributed by atoms with van der Waals surface area (Å²) in [6.07, 6.45) is 8.91. The van der Waals surface area contributed by atoms with Crippen LogP contribution in [0.2, 0.25) is 0 Å². The number of rotatable bonds is 3. The molecular formula is C23H15N3OS. The summed E-state index contributed by atoms with van der Waals surface area (Å²) in [7, 11) is 0. The van der Waals surface area contributed by atoms with E-state index in [-0.39, 0.29) is 5.56 Å². The molecule has 4 nitrogen and oxygen atoms in total. The maximum atomic E-state index is 13.1. The highest BCUT2D eigenvalue weighted by Gasteiger charge is 2.11. The quantitative estimate of drug-likeness (QED) is 0.426. The number of hydrogen-bond donors (Lipinski definition) is 0. The van der Waals surface area contributed by atoms with Crippen LogP contribution >= 0.6 is 11.3 Å². The van der Waals surface area contributed by atoms with E-state index in [1.807, 2.05) is 66.1 Å². The van der Waals surface area contributed by atoms with E-state index in [4.69, 9.17) is 0 Å². The van der Waals surface area contributed by atoms with Crippen molar-refractivity contribution in [1.82, 2.24) is 14.5 Å². The predicted octanol–water partition coefficient (Wildman–Crippen LogP) is 5.30. The van der Waals surface area contributed by atoms with E-state index in [9.17, 15) is 4.79 Å². The van der Waals surface area contributed by atoms with E-state index in [1.165, 1.54) is 0 Å². The largest absolute Gasteiger partial charge is 0.290 e. The lowest BCUT2D eigenvalue weighted by Crippen LogP contribution is -2.14. The van der Waals surface area contributed by atoms with Gasteiger partial charge in [0.1, 0.15) is 0 Å². The van der Waals surface area contributed by atoms with Crippen molar-refractivity contribution in [2.45, 2.75) is 0 Å². The van der Waals surface area contributed by atoms with Gasteiger partial charge in [-0.15, -0.1) is 11.3 Å². The third-order valence-corrected chi connectivity index (χ3v) is 5.62. The second kappa shape index (κ2) is 6.87. The van der Waals surface area contributed by atoms with Crippen LogP contribution in [0.15, 0.2) is 83.4 Å². The van der Waals surface area contributed by atoms with Crippen molar-refractivity contribution in [1.29, 1.82) is 0 Å². The zero-order valence-corrected chi connectivity index (χ0v) is 15.6. The molecular weight excluding hydrogens is 366 g/mol. The van der Waals surface area contributed by atoms with E-state index in [1.54, 1.807) is 40.7 Å². The van der Waals surface area contributed by atoms with Gasteiger partial charge in [-0.25, -0.2) is 4.98 Å². The van der Waals surface area contributed by atoms with Crippen LogP contribution in [0.4, 0.5) is 0 Å².